The van der Waals surface area contributed by atoms with Gasteiger partial charge in [-0.05, 0) is 26.8 Å². The number of carboxylic acids is 1. The van der Waals surface area contributed by atoms with Gasteiger partial charge in [-0.15, -0.1) is 0 Å². The average molecular weight is 352 g/mol. The Morgan fingerprint density at radius 1 is 1.23 bits per heavy atom. The standard InChI is InChI=1S/C19H20N4O3/c1-11(2)23-18-15(9-21-23)14(19(26)20-10-17(24)25)8-16(22-18)13-6-4-12(3)5-7-13/h4-9,11H,10H2,1-3H3,(H,20,26)(H,24,25). The number of hydrogen-bond donors (Lipinski definition) is 2. The molecule has 3 aromatic rings. The van der Waals surface area contributed by atoms with E-state index in [1.807, 2.05) is 45.0 Å². The van der Waals surface area contributed by atoms with Crippen molar-refractivity contribution in [3.8, 4) is 11.3 Å². The van der Waals surface area contributed by atoms with Crippen molar-refractivity contribution in [1.82, 2.24) is 20.1 Å². The lowest BCUT2D eigenvalue weighted by Gasteiger charge is -2.11. The lowest BCUT2D eigenvalue weighted by molar-refractivity contribution is -0.135. The SMILES string of the molecule is Cc1ccc(-c2cc(C(=O)NCC(=O)O)c3cnn(C(C)C)c3n2)cc1. The van der Waals surface area contributed by atoms with Crippen molar-refractivity contribution in [2.75, 3.05) is 6.54 Å². The maximum absolute atomic E-state index is 12.5. The third-order valence-electron chi connectivity index (χ3n) is 4.05. The highest BCUT2D eigenvalue weighted by molar-refractivity contribution is 6.07. The molecule has 0 unspecified atom stereocenters. The van der Waals surface area contributed by atoms with Crippen LogP contribution in [0.1, 0.15) is 35.8 Å². The third kappa shape index (κ3) is 3.42. The number of nitrogens with one attached hydrogen (secondary N) is 1. The van der Waals surface area contributed by atoms with Gasteiger partial charge >= 0.3 is 5.97 Å². The van der Waals surface area contributed by atoms with Gasteiger partial charge in [0.15, 0.2) is 5.65 Å². The van der Waals surface area contributed by atoms with Crippen molar-refractivity contribution in [2.24, 2.45) is 0 Å². The van der Waals surface area contributed by atoms with Crippen LogP contribution >= 0.6 is 0 Å². The van der Waals surface area contributed by atoms with Crippen molar-refractivity contribution in [1.29, 1.82) is 0 Å². The van der Waals surface area contributed by atoms with Crippen LogP contribution in [0, 0.1) is 6.92 Å². The number of carbonyl (C=O) groups excluding carboxylic acids is 1. The molecule has 2 heterocycles. The number of rotatable bonds is 5. The predicted molar refractivity (Wildman–Crippen MR) is 98.1 cm³/mol. The van der Waals surface area contributed by atoms with E-state index in [0.717, 1.165) is 11.1 Å². The largest absolute Gasteiger partial charge is 0.480 e. The van der Waals surface area contributed by atoms with Gasteiger partial charge in [0.25, 0.3) is 5.91 Å². The van der Waals surface area contributed by atoms with E-state index in [1.165, 1.54) is 0 Å². The van der Waals surface area contributed by atoms with Gasteiger partial charge in [0.1, 0.15) is 6.54 Å². The molecule has 0 aliphatic rings. The summed E-state index contributed by atoms with van der Waals surface area (Å²) in [5.41, 5.74) is 3.60. The Kier molecular flexibility index (Phi) is 4.71. The quantitative estimate of drug-likeness (QED) is 0.736. The summed E-state index contributed by atoms with van der Waals surface area (Å²) in [6.07, 6.45) is 1.59. The fourth-order valence-corrected chi connectivity index (χ4v) is 2.71. The Balaban J connectivity index is 2.16. The number of aryl methyl sites for hydroxylation is 1. The van der Waals surface area contributed by atoms with Gasteiger partial charge in [0.05, 0.1) is 22.8 Å². The summed E-state index contributed by atoms with van der Waals surface area (Å²) in [6.45, 7) is 5.52. The molecule has 0 saturated carbocycles. The van der Waals surface area contributed by atoms with Crippen LogP contribution in [0.3, 0.4) is 0 Å². The number of benzene rings is 1. The fourth-order valence-electron chi connectivity index (χ4n) is 2.71. The molecule has 3 rings (SSSR count). The highest BCUT2D eigenvalue weighted by atomic mass is 16.4. The van der Waals surface area contributed by atoms with Crippen LogP contribution in [-0.2, 0) is 4.79 Å². The summed E-state index contributed by atoms with van der Waals surface area (Å²) in [5.74, 6) is -1.56. The Morgan fingerprint density at radius 2 is 1.92 bits per heavy atom. The minimum atomic E-state index is -1.10. The monoisotopic (exact) mass is 352 g/mol. The van der Waals surface area contributed by atoms with E-state index >= 15 is 0 Å². The van der Waals surface area contributed by atoms with Crippen LogP contribution < -0.4 is 5.32 Å². The number of hydrogen-bond acceptors (Lipinski definition) is 4. The van der Waals surface area contributed by atoms with Crippen LogP contribution in [0.4, 0.5) is 0 Å². The molecule has 0 radical (unpaired) electrons. The summed E-state index contributed by atoms with van der Waals surface area (Å²) >= 11 is 0. The molecule has 0 aliphatic heterocycles. The third-order valence-corrected chi connectivity index (χ3v) is 4.05. The van der Waals surface area contributed by atoms with Gasteiger partial charge in [-0.2, -0.15) is 5.10 Å². The highest BCUT2D eigenvalue weighted by Crippen LogP contribution is 2.26. The second kappa shape index (κ2) is 6.95. The van der Waals surface area contributed by atoms with Crippen molar-refractivity contribution in [3.05, 3.63) is 47.7 Å². The van der Waals surface area contributed by atoms with Crippen LogP contribution in [0.15, 0.2) is 36.5 Å². The molecule has 0 bridgehead atoms. The number of nitrogens with zero attached hydrogens (tertiary/aromatic N) is 3. The van der Waals surface area contributed by atoms with E-state index in [0.29, 0.717) is 22.3 Å². The lowest BCUT2D eigenvalue weighted by atomic mass is 10.1. The van der Waals surface area contributed by atoms with Gasteiger partial charge in [-0.3, -0.25) is 9.59 Å². The van der Waals surface area contributed by atoms with Crippen LogP contribution in [0.2, 0.25) is 0 Å². The second-order valence-electron chi connectivity index (χ2n) is 6.42. The molecule has 0 saturated heterocycles. The summed E-state index contributed by atoms with van der Waals surface area (Å²) < 4.78 is 1.75. The predicted octanol–water partition coefficient (Wildman–Crippen LogP) is 2.80. The first-order valence-corrected chi connectivity index (χ1v) is 8.32. The first kappa shape index (κ1) is 17.6. The van der Waals surface area contributed by atoms with Gasteiger partial charge in [-0.1, -0.05) is 29.8 Å². The van der Waals surface area contributed by atoms with E-state index < -0.39 is 18.4 Å². The van der Waals surface area contributed by atoms with Crippen molar-refractivity contribution in [2.45, 2.75) is 26.8 Å². The van der Waals surface area contributed by atoms with E-state index in [1.54, 1.807) is 16.9 Å². The molecular weight excluding hydrogens is 332 g/mol. The minimum Gasteiger partial charge on any atom is -0.480 e. The van der Waals surface area contributed by atoms with Crippen LogP contribution in [-0.4, -0.2) is 38.3 Å². The van der Waals surface area contributed by atoms with Crippen LogP contribution in [0.5, 0.6) is 0 Å². The second-order valence-corrected chi connectivity index (χ2v) is 6.42. The summed E-state index contributed by atoms with van der Waals surface area (Å²) in [6, 6.07) is 9.59. The zero-order chi connectivity index (χ0) is 18.8. The summed E-state index contributed by atoms with van der Waals surface area (Å²) in [7, 11) is 0. The Morgan fingerprint density at radius 3 is 2.54 bits per heavy atom. The van der Waals surface area contributed by atoms with Crippen LogP contribution in [0.25, 0.3) is 22.3 Å². The minimum absolute atomic E-state index is 0.0724. The first-order valence-electron chi connectivity index (χ1n) is 8.32. The molecule has 0 fully saturated rings. The molecule has 26 heavy (non-hydrogen) atoms. The number of carboxylic acid groups (broad SMARTS) is 1. The van der Waals surface area contributed by atoms with Crippen molar-refractivity contribution >= 4 is 22.9 Å². The van der Waals surface area contributed by atoms with Gasteiger partial charge in [0, 0.05) is 11.6 Å². The molecule has 2 N–H and O–H groups in total. The number of aliphatic carboxylic acids is 1. The number of amides is 1. The zero-order valence-corrected chi connectivity index (χ0v) is 14.9. The molecule has 1 amide bonds. The Labute approximate surface area is 150 Å². The number of carbonyl (C=O) groups is 2. The Bertz CT molecular complexity index is 974. The number of aromatic nitrogens is 3. The number of pyridine rings is 1. The lowest BCUT2D eigenvalue weighted by Crippen LogP contribution is -2.29. The fraction of sp³-hybridized carbons (Fsp3) is 0.263. The van der Waals surface area contributed by atoms with Gasteiger partial charge in [0.2, 0.25) is 0 Å². The molecule has 0 spiro atoms. The summed E-state index contributed by atoms with van der Waals surface area (Å²) in [5, 5.41) is 16.2. The van der Waals surface area contributed by atoms with Gasteiger partial charge < -0.3 is 10.4 Å². The zero-order valence-electron chi connectivity index (χ0n) is 14.9. The molecule has 7 heteroatoms. The van der Waals surface area contributed by atoms with E-state index in [4.69, 9.17) is 10.1 Å². The normalized spacial score (nSPS) is 11.1. The molecule has 2 aromatic heterocycles. The molecule has 134 valence electrons. The average Bonchev–Trinajstić information content (AvgIpc) is 3.03. The maximum Gasteiger partial charge on any atom is 0.322 e. The smallest absolute Gasteiger partial charge is 0.322 e. The molecule has 0 atom stereocenters. The Hall–Kier alpha value is -3.22. The summed E-state index contributed by atoms with van der Waals surface area (Å²) in [4.78, 5) is 28.0. The molecular formula is C19H20N4O3. The first-order chi connectivity index (χ1) is 12.4. The highest BCUT2D eigenvalue weighted by Gasteiger charge is 2.18. The van der Waals surface area contributed by atoms with E-state index in [-0.39, 0.29) is 6.04 Å². The van der Waals surface area contributed by atoms with Gasteiger partial charge in [-0.25, -0.2) is 9.67 Å². The maximum atomic E-state index is 12.5. The van der Waals surface area contributed by atoms with Crippen molar-refractivity contribution in [3.63, 3.8) is 0 Å². The number of fused-ring (bicyclic) bond motifs is 1. The molecule has 0 aliphatic carbocycles. The van der Waals surface area contributed by atoms with Crippen molar-refractivity contribution < 1.29 is 14.7 Å². The van der Waals surface area contributed by atoms with E-state index in [9.17, 15) is 9.59 Å². The van der Waals surface area contributed by atoms with E-state index in [2.05, 4.69) is 10.4 Å². The topological polar surface area (TPSA) is 97.1 Å². The molecule has 7 nitrogen and oxygen atoms in total. The molecule has 1 aromatic carbocycles.